The third-order valence-corrected chi connectivity index (χ3v) is 5.07. The van der Waals surface area contributed by atoms with Crippen molar-refractivity contribution >= 4 is 23.3 Å². The third kappa shape index (κ3) is 4.13. The van der Waals surface area contributed by atoms with Gasteiger partial charge in [-0.25, -0.2) is 4.68 Å². The fourth-order valence-corrected chi connectivity index (χ4v) is 3.44. The molecule has 0 amide bonds. The maximum Gasteiger partial charge on any atom is 0.204 e. The summed E-state index contributed by atoms with van der Waals surface area (Å²) in [4.78, 5) is 1.49. The molecule has 9 nitrogen and oxygen atoms in total. The van der Waals surface area contributed by atoms with Crippen LogP contribution in [0.25, 0.3) is 11.6 Å². The average molecular weight is 436 g/mol. The first-order valence-electron chi connectivity index (χ1n) is 9.60. The minimum absolute atomic E-state index is 0.344. The van der Waals surface area contributed by atoms with Crippen LogP contribution < -0.4 is 9.47 Å². The molecule has 0 atom stereocenters. The van der Waals surface area contributed by atoms with Gasteiger partial charge in [0.1, 0.15) is 18.8 Å². The van der Waals surface area contributed by atoms with Crippen molar-refractivity contribution in [3.05, 3.63) is 76.3 Å². The van der Waals surface area contributed by atoms with Gasteiger partial charge in [-0.15, -0.1) is 15.3 Å². The molecule has 4 aromatic rings. The Kier molecular flexibility index (Phi) is 5.09. The molecule has 1 aliphatic heterocycles. The normalized spacial score (nSPS) is 12.8. The summed E-state index contributed by atoms with van der Waals surface area (Å²) in [6, 6.07) is 13.4. The summed E-state index contributed by atoms with van der Waals surface area (Å²) in [6.07, 6.45) is 3.86. The number of aromatic nitrogens is 7. The average Bonchev–Trinajstić information content (AvgIpc) is 3.44. The van der Waals surface area contributed by atoms with Crippen LogP contribution in [0.3, 0.4) is 0 Å². The Morgan fingerprint density at radius 3 is 2.77 bits per heavy atom. The van der Waals surface area contributed by atoms with Crippen molar-refractivity contribution in [3.8, 4) is 11.5 Å². The van der Waals surface area contributed by atoms with E-state index in [9.17, 15) is 0 Å². The second-order valence-electron chi connectivity index (χ2n) is 7.01. The van der Waals surface area contributed by atoms with Crippen LogP contribution in [0.4, 0.5) is 0 Å². The van der Waals surface area contributed by atoms with E-state index in [1.54, 1.807) is 11.8 Å². The third-order valence-electron chi connectivity index (χ3n) is 4.82. The van der Waals surface area contributed by atoms with Crippen molar-refractivity contribution in [2.45, 2.75) is 13.1 Å². The van der Waals surface area contributed by atoms with Crippen LogP contribution in [-0.2, 0) is 13.1 Å². The van der Waals surface area contributed by atoms with Crippen LogP contribution in [-0.4, -0.2) is 48.9 Å². The minimum atomic E-state index is 0.344. The summed E-state index contributed by atoms with van der Waals surface area (Å²) in [5.74, 6) is 1.94. The molecule has 0 unspecified atom stereocenters. The van der Waals surface area contributed by atoms with Gasteiger partial charge in [0.2, 0.25) is 5.82 Å². The topological polar surface area (TPSA) is 92.8 Å². The predicted molar refractivity (Wildman–Crippen MR) is 114 cm³/mol. The highest BCUT2D eigenvalue weighted by molar-refractivity contribution is 6.30. The number of hydrogen-bond donors (Lipinski definition) is 0. The molecule has 3 heterocycles. The number of rotatable bonds is 6. The number of fused-ring (bicyclic) bond motifs is 1. The van der Waals surface area contributed by atoms with Crippen molar-refractivity contribution in [2.75, 3.05) is 13.7 Å². The number of nitrogens with zero attached hydrogens (tertiary/aromatic N) is 7. The number of methoxy groups -OCH3 is 1. The van der Waals surface area contributed by atoms with Crippen LogP contribution >= 0.6 is 11.6 Å². The molecule has 10 heteroatoms. The number of para-hydroxylation sites is 1. The molecule has 0 aliphatic carbocycles. The number of tetrazole rings is 1. The van der Waals surface area contributed by atoms with E-state index in [1.807, 2.05) is 54.7 Å². The standard InChI is InChI=1S/C21H18ClN7O2/c1-30-19-4-2-3-15-9-16(13-31-20(15)19)21-24-27-29(25-21)12-18-11-28(26-23-18)10-14-5-7-17(22)8-6-14/h2-9,11H,10,12-13H2,1H3. The van der Waals surface area contributed by atoms with E-state index in [0.717, 1.165) is 28.1 Å². The second kappa shape index (κ2) is 8.19. The number of ether oxygens (including phenoxy) is 2. The molecule has 2 aromatic carbocycles. The van der Waals surface area contributed by atoms with E-state index in [-0.39, 0.29) is 0 Å². The zero-order valence-electron chi connectivity index (χ0n) is 16.6. The van der Waals surface area contributed by atoms with Gasteiger partial charge in [0.25, 0.3) is 0 Å². The molecule has 1 aliphatic rings. The lowest BCUT2D eigenvalue weighted by Crippen LogP contribution is -2.09. The van der Waals surface area contributed by atoms with Crippen LogP contribution in [0.5, 0.6) is 11.5 Å². The SMILES string of the molecule is COc1cccc2c1OCC(c1nnn(Cc3cn(Cc4ccc(Cl)cc4)nn3)n1)=C2. The number of halogens is 1. The van der Waals surface area contributed by atoms with Crippen LogP contribution in [0.15, 0.2) is 48.7 Å². The molecule has 0 saturated heterocycles. The first-order chi connectivity index (χ1) is 15.2. The van der Waals surface area contributed by atoms with Crippen LogP contribution in [0.1, 0.15) is 22.6 Å². The molecule has 0 saturated carbocycles. The molecule has 2 aromatic heterocycles. The summed E-state index contributed by atoms with van der Waals surface area (Å²) in [5.41, 5.74) is 3.59. The summed E-state index contributed by atoms with van der Waals surface area (Å²) in [7, 11) is 1.62. The lowest BCUT2D eigenvalue weighted by Gasteiger charge is -2.18. The van der Waals surface area contributed by atoms with Crippen molar-refractivity contribution < 1.29 is 9.47 Å². The lowest BCUT2D eigenvalue weighted by atomic mass is 10.1. The van der Waals surface area contributed by atoms with Crippen LogP contribution in [0.2, 0.25) is 5.02 Å². The molecule has 0 spiro atoms. The molecule has 5 rings (SSSR count). The largest absolute Gasteiger partial charge is 0.493 e. The van der Waals surface area contributed by atoms with E-state index in [4.69, 9.17) is 21.1 Å². The molecular formula is C21H18ClN7O2. The monoisotopic (exact) mass is 435 g/mol. The molecular weight excluding hydrogens is 418 g/mol. The van der Waals surface area contributed by atoms with Crippen molar-refractivity contribution in [3.63, 3.8) is 0 Å². The highest BCUT2D eigenvalue weighted by atomic mass is 35.5. The predicted octanol–water partition coefficient (Wildman–Crippen LogP) is 2.96. The number of benzene rings is 2. The van der Waals surface area contributed by atoms with Gasteiger partial charge < -0.3 is 9.47 Å². The smallest absolute Gasteiger partial charge is 0.204 e. The fraction of sp³-hybridized carbons (Fsp3) is 0.190. The van der Waals surface area contributed by atoms with Gasteiger partial charge in [-0.2, -0.15) is 4.80 Å². The van der Waals surface area contributed by atoms with E-state index >= 15 is 0 Å². The zero-order valence-corrected chi connectivity index (χ0v) is 17.4. The Bertz CT molecular complexity index is 1250. The van der Waals surface area contributed by atoms with E-state index < -0.39 is 0 Å². The van der Waals surface area contributed by atoms with Gasteiger partial charge >= 0.3 is 0 Å². The lowest BCUT2D eigenvalue weighted by molar-refractivity contribution is 0.327. The van der Waals surface area contributed by atoms with Crippen molar-refractivity contribution in [2.24, 2.45) is 0 Å². The van der Waals surface area contributed by atoms with E-state index in [2.05, 4.69) is 25.7 Å². The zero-order chi connectivity index (χ0) is 21.2. The van der Waals surface area contributed by atoms with Crippen LogP contribution in [0, 0.1) is 0 Å². The quantitative estimate of drug-likeness (QED) is 0.459. The van der Waals surface area contributed by atoms with E-state index in [0.29, 0.717) is 36.3 Å². The molecule has 156 valence electrons. The second-order valence-corrected chi connectivity index (χ2v) is 7.45. The maximum atomic E-state index is 5.93. The fourth-order valence-electron chi connectivity index (χ4n) is 3.32. The summed E-state index contributed by atoms with van der Waals surface area (Å²) in [5, 5.41) is 21.9. The highest BCUT2D eigenvalue weighted by Crippen LogP contribution is 2.36. The maximum absolute atomic E-state index is 5.93. The van der Waals surface area contributed by atoms with Gasteiger partial charge in [0, 0.05) is 16.2 Å². The van der Waals surface area contributed by atoms with Gasteiger partial charge in [0.05, 0.1) is 19.9 Å². The summed E-state index contributed by atoms with van der Waals surface area (Å²) in [6.45, 7) is 1.32. The molecule has 0 fully saturated rings. The Labute approximate surface area is 182 Å². The van der Waals surface area contributed by atoms with Gasteiger partial charge in [-0.3, -0.25) is 0 Å². The molecule has 0 N–H and O–H groups in total. The van der Waals surface area contributed by atoms with Gasteiger partial charge in [-0.05, 0) is 35.1 Å². The Hall–Kier alpha value is -3.72. The van der Waals surface area contributed by atoms with Crippen molar-refractivity contribution in [1.29, 1.82) is 0 Å². The summed E-state index contributed by atoms with van der Waals surface area (Å²) >= 11 is 5.93. The Balaban J connectivity index is 1.29. The van der Waals surface area contributed by atoms with Gasteiger partial charge in [0.15, 0.2) is 11.5 Å². The highest BCUT2D eigenvalue weighted by Gasteiger charge is 2.19. The Morgan fingerprint density at radius 2 is 1.94 bits per heavy atom. The molecule has 0 bridgehead atoms. The first-order valence-corrected chi connectivity index (χ1v) is 9.98. The Morgan fingerprint density at radius 1 is 1.06 bits per heavy atom. The van der Waals surface area contributed by atoms with Crippen molar-refractivity contribution in [1.82, 2.24) is 35.2 Å². The molecule has 31 heavy (non-hydrogen) atoms. The first kappa shape index (κ1) is 19.3. The van der Waals surface area contributed by atoms with E-state index in [1.165, 1.54) is 4.80 Å². The molecule has 0 radical (unpaired) electrons. The minimum Gasteiger partial charge on any atom is -0.493 e. The van der Waals surface area contributed by atoms with Gasteiger partial charge in [-0.1, -0.05) is 41.1 Å². The number of hydrogen-bond acceptors (Lipinski definition) is 7. The summed E-state index contributed by atoms with van der Waals surface area (Å²) < 4.78 is 13.0.